The summed E-state index contributed by atoms with van der Waals surface area (Å²) in [6.07, 6.45) is 1.05. The van der Waals surface area contributed by atoms with Gasteiger partial charge in [-0.1, -0.05) is 30.3 Å². The fraction of sp³-hybridized carbons (Fsp3) is 0.462. The molecular weight excluding hydrogens is 286 g/mol. The first kappa shape index (κ1) is 16.0. The lowest BCUT2D eigenvalue weighted by atomic mass is 10.1. The van der Waals surface area contributed by atoms with E-state index in [1.165, 1.54) is 13.8 Å². The molecule has 19 heavy (non-hydrogen) atoms. The van der Waals surface area contributed by atoms with Gasteiger partial charge in [0.25, 0.3) is 0 Å². The minimum absolute atomic E-state index is 0.176. The monoisotopic (exact) mass is 303 g/mol. The number of carbonyl (C=O) groups excluding carboxylic acids is 1. The summed E-state index contributed by atoms with van der Waals surface area (Å²) in [5.41, 5.74) is 0.843. The van der Waals surface area contributed by atoms with Crippen LogP contribution in [-0.2, 0) is 14.6 Å². The van der Waals surface area contributed by atoms with Gasteiger partial charge < -0.3 is 5.32 Å². The van der Waals surface area contributed by atoms with Crippen molar-refractivity contribution in [3.8, 4) is 0 Å². The molecule has 0 radical (unpaired) electrons. The van der Waals surface area contributed by atoms with Gasteiger partial charge in [0.05, 0.1) is 6.04 Å². The molecule has 0 aromatic heterocycles. The summed E-state index contributed by atoms with van der Waals surface area (Å²) in [6, 6.07) is 8.79. The third-order valence-corrected chi connectivity index (χ3v) is 5.48. The smallest absolute Gasteiger partial charge is 0.241 e. The molecule has 1 N–H and O–H groups in total. The Balaban J connectivity index is 2.92. The number of benzene rings is 1. The van der Waals surface area contributed by atoms with Crippen molar-refractivity contribution in [2.75, 3.05) is 12.1 Å². The van der Waals surface area contributed by atoms with Crippen LogP contribution in [0.2, 0.25) is 0 Å². The zero-order valence-corrected chi connectivity index (χ0v) is 12.8. The van der Waals surface area contributed by atoms with Gasteiger partial charge in [0.15, 0.2) is 9.84 Å². The molecule has 6 heteroatoms. The Labute approximate surface area is 119 Å². The maximum atomic E-state index is 12.1. The maximum Gasteiger partial charge on any atom is 0.241 e. The topological polar surface area (TPSA) is 63.2 Å². The summed E-state index contributed by atoms with van der Waals surface area (Å²) < 4.78 is 21.7. The number of amides is 1. The second-order valence-corrected chi connectivity index (χ2v) is 7.75. The maximum absolute atomic E-state index is 12.1. The summed E-state index contributed by atoms with van der Waals surface area (Å²) in [5, 5.41) is 2.68. The summed E-state index contributed by atoms with van der Waals surface area (Å²) in [7, 11) is -3.49. The van der Waals surface area contributed by atoms with Gasteiger partial charge in [-0.3, -0.25) is 4.79 Å². The molecule has 0 heterocycles. The molecule has 1 amide bonds. The molecule has 4 nitrogen and oxygen atoms in total. The Morgan fingerprint density at radius 2 is 1.84 bits per heavy atom. The van der Waals surface area contributed by atoms with Crippen LogP contribution < -0.4 is 5.32 Å². The van der Waals surface area contributed by atoms with Crippen molar-refractivity contribution in [1.29, 1.82) is 0 Å². The normalized spacial score (nSPS) is 13.9. The quantitative estimate of drug-likeness (QED) is 0.845. The molecule has 1 aromatic rings. The lowest BCUT2D eigenvalue weighted by Gasteiger charge is -2.25. The molecule has 0 aliphatic carbocycles. The van der Waals surface area contributed by atoms with Crippen LogP contribution >= 0.6 is 11.6 Å². The molecular formula is C13H18ClNO3S. The standard InChI is InChI=1S/C13H18ClNO3S/c1-13(2,19(3,17)18)12(16)15-11(9-14)10-7-5-4-6-8-10/h4-8,11H,9H2,1-3H3,(H,15,16). The first-order valence-corrected chi connectivity index (χ1v) is 8.24. The van der Waals surface area contributed by atoms with Gasteiger partial charge in [-0.2, -0.15) is 0 Å². The zero-order chi connectivity index (χ0) is 14.7. The number of sulfone groups is 1. The van der Waals surface area contributed by atoms with Crippen molar-refractivity contribution in [2.24, 2.45) is 0 Å². The highest BCUT2D eigenvalue weighted by Crippen LogP contribution is 2.19. The highest BCUT2D eigenvalue weighted by atomic mass is 35.5. The predicted molar refractivity (Wildman–Crippen MR) is 77.0 cm³/mol. The minimum atomic E-state index is -3.49. The molecule has 1 unspecified atom stereocenters. The second-order valence-electron chi connectivity index (χ2n) is 4.87. The number of carbonyl (C=O) groups is 1. The van der Waals surface area contributed by atoms with E-state index in [2.05, 4.69) is 5.32 Å². The average Bonchev–Trinajstić information content (AvgIpc) is 2.35. The fourth-order valence-corrected chi connectivity index (χ4v) is 2.05. The van der Waals surface area contributed by atoms with Crippen molar-refractivity contribution in [3.63, 3.8) is 0 Å². The third-order valence-electron chi connectivity index (χ3n) is 3.14. The lowest BCUT2D eigenvalue weighted by molar-refractivity contribution is -0.123. The SMILES string of the molecule is CC(C)(C(=O)NC(CCl)c1ccccc1)S(C)(=O)=O. The van der Waals surface area contributed by atoms with Gasteiger partial charge in [-0.25, -0.2) is 8.42 Å². The average molecular weight is 304 g/mol. The lowest BCUT2D eigenvalue weighted by Crippen LogP contribution is -2.48. The molecule has 0 aliphatic rings. The van der Waals surface area contributed by atoms with Crippen molar-refractivity contribution in [2.45, 2.75) is 24.6 Å². The van der Waals surface area contributed by atoms with E-state index in [1.807, 2.05) is 30.3 Å². The first-order chi connectivity index (χ1) is 8.70. The van der Waals surface area contributed by atoms with Gasteiger partial charge in [0, 0.05) is 12.1 Å². The largest absolute Gasteiger partial charge is 0.347 e. The Morgan fingerprint density at radius 3 is 2.26 bits per heavy atom. The Morgan fingerprint density at radius 1 is 1.32 bits per heavy atom. The molecule has 0 saturated heterocycles. The highest BCUT2D eigenvalue weighted by molar-refractivity contribution is 7.92. The Kier molecular flexibility index (Phi) is 4.98. The third kappa shape index (κ3) is 3.70. The number of hydrogen-bond donors (Lipinski definition) is 1. The van der Waals surface area contributed by atoms with Crippen LogP contribution in [0.4, 0.5) is 0 Å². The zero-order valence-electron chi connectivity index (χ0n) is 11.2. The first-order valence-electron chi connectivity index (χ1n) is 5.81. The van der Waals surface area contributed by atoms with Crippen LogP contribution in [0.15, 0.2) is 30.3 Å². The van der Waals surface area contributed by atoms with Gasteiger partial charge in [-0.05, 0) is 19.4 Å². The van der Waals surface area contributed by atoms with Crippen LogP contribution in [0.3, 0.4) is 0 Å². The van der Waals surface area contributed by atoms with Crippen molar-refractivity contribution in [3.05, 3.63) is 35.9 Å². The van der Waals surface area contributed by atoms with Crippen LogP contribution in [-0.4, -0.2) is 31.2 Å². The molecule has 0 aliphatic heterocycles. The Bertz CT molecular complexity index is 540. The summed E-state index contributed by atoms with van der Waals surface area (Å²) >= 11 is 5.85. The summed E-state index contributed by atoms with van der Waals surface area (Å²) in [4.78, 5) is 12.1. The number of nitrogens with one attached hydrogen (secondary N) is 1. The van der Waals surface area contributed by atoms with Crippen molar-refractivity contribution < 1.29 is 13.2 Å². The van der Waals surface area contributed by atoms with E-state index in [0.29, 0.717) is 0 Å². The van der Waals surface area contributed by atoms with E-state index in [-0.39, 0.29) is 5.88 Å². The number of halogens is 1. The van der Waals surface area contributed by atoms with Crippen LogP contribution in [0.5, 0.6) is 0 Å². The van der Waals surface area contributed by atoms with Crippen molar-refractivity contribution in [1.82, 2.24) is 5.32 Å². The van der Waals surface area contributed by atoms with Gasteiger partial charge in [0.1, 0.15) is 4.75 Å². The van der Waals surface area contributed by atoms with E-state index in [9.17, 15) is 13.2 Å². The molecule has 0 spiro atoms. The van der Waals surface area contributed by atoms with Crippen LogP contribution in [0, 0.1) is 0 Å². The fourth-order valence-electron chi connectivity index (χ4n) is 1.40. The van der Waals surface area contributed by atoms with Gasteiger partial charge >= 0.3 is 0 Å². The molecule has 0 bridgehead atoms. The number of alkyl halides is 1. The highest BCUT2D eigenvalue weighted by Gasteiger charge is 2.39. The minimum Gasteiger partial charge on any atom is -0.347 e. The van der Waals surface area contributed by atoms with Crippen molar-refractivity contribution >= 4 is 27.3 Å². The van der Waals surface area contributed by atoms with Crippen LogP contribution in [0.1, 0.15) is 25.5 Å². The predicted octanol–water partition coefficient (Wildman–Crippen LogP) is 1.91. The molecule has 1 aromatic carbocycles. The molecule has 1 rings (SSSR count). The number of hydrogen-bond acceptors (Lipinski definition) is 3. The van der Waals surface area contributed by atoms with Gasteiger partial charge in [-0.15, -0.1) is 11.6 Å². The van der Waals surface area contributed by atoms with E-state index < -0.39 is 26.5 Å². The second kappa shape index (κ2) is 5.92. The van der Waals surface area contributed by atoms with E-state index in [4.69, 9.17) is 11.6 Å². The molecule has 0 saturated carbocycles. The summed E-state index contributed by atoms with van der Waals surface area (Å²) in [6.45, 7) is 2.77. The van der Waals surface area contributed by atoms with E-state index >= 15 is 0 Å². The summed E-state index contributed by atoms with van der Waals surface area (Å²) in [5.74, 6) is -0.375. The van der Waals surface area contributed by atoms with E-state index in [1.54, 1.807) is 0 Å². The number of rotatable bonds is 5. The Hall–Kier alpha value is -1.07. The van der Waals surface area contributed by atoms with E-state index in [0.717, 1.165) is 11.8 Å². The van der Waals surface area contributed by atoms with Gasteiger partial charge in [0.2, 0.25) is 5.91 Å². The molecule has 106 valence electrons. The molecule has 0 fully saturated rings. The molecule has 1 atom stereocenters. The van der Waals surface area contributed by atoms with Crippen LogP contribution in [0.25, 0.3) is 0 Å².